The van der Waals surface area contributed by atoms with Gasteiger partial charge in [0.1, 0.15) is 12.1 Å². The number of hydrogen-bond donors (Lipinski definition) is 3. The van der Waals surface area contributed by atoms with Crippen LogP contribution in [0.2, 0.25) is 0 Å². The normalized spacial score (nSPS) is 21.0. The summed E-state index contributed by atoms with van der Waals surface area (Å²) in [5.74, 6) is 0.791. The topological polar surface area (TPSA) is 136 Å². The second-order valence-electron chi connectivity index (χ2n) is 13.6. The summed E-state index contributed by atoms with van der Waals surface area (Å²) in [6.45, 7) is 3.06. The number of carbonyl (C=O) groups is 3. The van der Waals surface area contributed by atoms with E-state index >= 15 is 0 Å². The number of aromatic nitrogens is 1. The van der Waals surface area contributed by atoms with E-state index in [1.807, 2.05) is 84.9 Å². The molecule has 1 saturated heterocycles. The van der Waals surface area contributed by atoms with Crippen molar-refractivity contribution in [1.82, 2.24) is 20.7 Å². The van der Waals surface area contributed by atoms with Crippen molar-refractivity contribution in [3.63, 3.8) is 0 Å². The number of nitrogens with one attached hydrogen (secondary N) is 2. The SMILES string of the molecule is CC(CCCCCCC(NCc1ccccc1)C(=O)N1CC(Oc2nc3ccccc3s2)C[C@H]1C(N)=O)[C@@H]1C[C@@H]1C(=O)NOc1ccccc1. The predicted octanol–water partition coefficient (Wildman–Crippen LogP) is 6.01. The van der Waals surface area contributed by atoms with E-state index in [0.29, 0.717) is 42.2 Å². The molecule has 0 spiro atoms. The molecule has 11 heteroatoms. The molecule has 50 heavy (non-hydrogen) atoms. The summed E-state index contributed by atoms with van der Waals surface area (Å²) in [5, 5.41) is 4.01. The highest BCUT2D eigenvalue weighted by Gasteiger charge is 2.46. The van der Waals surface area contributed by atoms with Gasteiger partial charge in [0.2, 0.25) is 11.8 Å². The van der Waals surface area contributed by atoms with Crippen molar-refractivity contribution in [2.24, 2.45) is 23.5 Å². The number of hydrogen-bond acceptors (Lipinski definition) is 8. The highest BCUT2D eigenvalue weighted by molar-refractivity contribution is 7.20. The Morgan fingerprint density at radius 3 is 2.36 bits per heavy atom. The number of amides is 3. The second kappa shape index (κ2) is 17.0. The van der Waals surface area contributed by atoms with Crippen molar-refractivity contribution >= 4 is 39.3 Å². The number of nitrogens with two attached hydrogens (primary N) is 1. The standard InChI is InChI=1S/C39H47N5O5S/c1-26(30-23-31(30)37(46)43-49-28-17-9-5-10-18-28)14-6-2-3-11-20-33(41-24-27-15-7-4-8-16-27)38(47)44-25-29(22-34(44)36(40)45)48-39-42-32-19-12-13-21-35(32)50-39/h4-5,7-10,12-13,15-19,21,26,29-31,33-34,41H,2-3,6,11,14,20,22-25H2,1H3,(H2,40,45)(H,43,46)/t26?,29?,30-,31-,33?,34-/m0/s1. The van der Waals surface area contributed by atoms with Gasteiger partial charge in [0, 0.05) is 18.9 Å². The van der Waals surface area contributed by atoms with E-state index < -0.39 is 18.0 Å². The van der Waals surface area contributed by atoms with Crippen molar-refractivity contribution in [3.8, 4) is 10.9 Å². The van der Waals surface area contributed by atoms with Crippen LogP contribution in [-0.4, -0.2) is 52.3 Å². The van der Waals surface area contributed by atoms with Gasteiger partial charge in [-0.15, -0.1) is 0 Å². The van der Waals surface area contributed by atoms with E-state index in [9.17, 15) is 14.4 Å². The van der Waals surface area contributed by atoms with Crippen molar-refractivity contribution in [1.29, 1.82) is 0 Å². The Balaban J connectivity index is 0.973. The third-order valence-corrected chi connectivity index (χ3v) is 10.9. The second-order valence-corrected chi connectivity index (χ2v) is 14.6. The molecule has 3 aromatic carbocycles. The number of rotatable bonds is 18. The molecule has 264 valence electrons. The maximum absolute atomic E-state index is 14.1. The number of benzene rings is 3. The van der Waals surface area contributed by atoms with Gasteiger partial charge in [-0.1, -0.05) is 111 Å². The Morgan fingerprint density at radius 1 is 0.920 bits per heavy atom. The van der Waals surface area contributed by atoms with E-state index in [4.69, 9.17) is 15.3 Å². The molecule has 6 atom stereocenters. The molecule has 0 bridgehead atoms. The number of unbranched alkanes of at least 4 members (excludes halogenated alkanes) is 3. The summed E-state index contributed by atoms with van der Waals surface area (Å²) >= 11 is 1.45. The average Bonchev–Trinajstić information content (AvgIpc) is 3.66. The quantitative estimate of drug-likeness (QED) is 0.0856. The van der Waals surface area contributed by atoms with Gasteiger partial charge in [0.15, 0.2) is 5.75 Å². The molecule has 2 heterocycles. The first-order valence-corrected chi connectivity index (χ1v) is 18.6. The van der Waals surface area contributed by atoms with Crippen molar-refractivity contribution in [3.05, 3.63) is 90.5 Å². The molecule has 10 nitrogen and oxygen atoms in total. The number of ether oxygens (including phenoxy) is 1. The molecule has 1 aromatic heterocycles. The van der Waals surface area contributed by atoms with Crippen LogP contribution in [0.1, 0.15) is 63.9 Å². The van der Waals surface area contributed by atoms with Crippen LogP contribution < -0.4 is 26.1 Å². The number of nitrogens with zero attached hydrogens (tertiary/aromatic N) is 2. The Bertz CT molecular complexity index is 1690. The summed E-state index contributed by atoms with van der Waals surface area (Å²) in [5.41, 5.74) is 10.4. The fourth-order valence-electron chi connectivity index (χ4n) is 6.99. The van der Waals surface area contributed by atoms with Crippen molar-refractivity contribution in [2.45, 2.75) is 83.0 Å². The molecule has 4 N–H and O–H groups in total. The van der Waals surface area contributed by atoms with Gasteiger partial charge in [-0.25, -0.2) is 4.98 Å². The molecule has 2 aliphatic rings. The van der Waals surface area contributed by atoms with Crippen LogP contribution in [-0.2, 0) is 20.9 Å². The molecule has 3 amide bonds. The maximum atomic E-state index is 14.1. The molecule has 1 aliphatic carbocycles. The van der Waals surface area contributed by atoms with Crippen LogP contribution in [0.3, 0.4) is 0 Å². The molecule has 1 saturated carbocycles. The highest BCUT2D eigenvalue weighted by atomic mass is 32.1. The van der Waals surface area contributed by atoms with Gasteiger partial charge in [0.05, 0.1) is 22.8 Å². The summed E-state index contributed by atoms with van der Waals surface area (Å²) in [7, 11) is 0. The van der Waals surface area contributed by atoms with Gasteiger partial charge in [0.25, 0.3) is 11.1 Å². The van der Waals surface area contributed by atoms with E-state index in [1.165, 1.54) is 11.3 Å². The van der Waals surface area contributed by atoms with E-state index in [1.54, 1.807) is 4.90 Å². The van der Waals surface area contributed by atoms with Crippen LogP contribution in [0.5, 0.6) is 10.9 Å². The first-order valence-electron chi connectivity index (χ1n) is 17.8. The highest BCUT2D eigenvalue weighted by Crippen LogP contribution is 2.46. The number of primary amides is 1. The number of para-hydroxylation sites is 2. The van der Waals surface area contributed by atoms with Crippen molar-refractivity contribution < 1.29 is 24.0 Å². The van der Waals surface area contributed by atoms with Crippen LogP contribution in [0.15, 0.2) is 84.9 Å². The number of fused-ring (bicyclic) bond motifs is 1. The van der Waals surface area contributed by atoms with Gasteiger partial charge < -0.3 is 25.5 Å². The lowest BCUT2D eigenvalue weighted by molar-refractivity contribution is -0.139. The van der Waals surface area contributed by atoms with Crippen LogP contribution in [0.4, 0.5) is 0 Å². The third kappa shape index (κ3) is 9.39. The largest absolute Gasteiger partial charge is 0.465 e. The Labute approximate surface area is 297 Å². The third-order valence-electron chi connectivity index (χ3n) is 9.93. The van der Waals surface area contributed by atoms with Crippen LogP contribution in [0.25, 0.3) is 10.2 Å². The minimum absolute atomic E-state index is 0.0113. The maximum Gasteiger partial charge on any atom is 0.274 e. The molecule has 3 unspecified atom stereocenters. The van der Waals surface area contributed by atoms with E-state index in [0.717, 1.165) is 54.3 Å². The van der Waals surface area contributed by atoms with Gasteiger partial charge in [-0.3, -0.25) is 14.4 Å². The molecule has 1 aliphatic heterocycles. The lowest BCUT2D eigenvalue weighted by Gasteiger charge is -2.28. The minimum Gasteiger partial charge on any atom is -0.465 e. The molecule has 0 radical (unpaired) electrons. The predicted molar refractivity (Wildman–Crippen MR) is 194 cm³/mol. The van der Waals surface area contributed by atoms with Crippen LogP contribution >= 0.6 is 11.3 Å². The van der Waals surface area contributed by atoms with Crippen LogP contribution in [0, 0.1) is 17.8 Å². The number of hydroxylamine groups is 1. The van der Waals surface area contributed by atoms with Crippen molar-refractivity contribution in [2.75, 3.05) is 6.54 Å². The first kappa shape index (κ1) is 35.3. The zero-order chi connectivity index (χ0) is 34.9. The van der Waals surface area contributed by atoms with E-state index in [-0.39, 0.29) is 30.4 Å². The summed E-state index contributed by atoms with van der Waals surface area (Å²) < 4.78 is 7.22. The van der Waals surface area contributed by atoms with Gasteiger partial charge in [-0.2, -0.15) is 5.48 Å². The number of carbonyl (C=O) groups excluding carboxylic acids is 3. The molecular weight excluding hydrogens is 651 g/mol. The number of thiazole rings is 1. The average molecular weight is 698 g/mol. The fraction of sp³-hybridized carbons (Fsp3) is 0.436. The first-order chi connectivity index (χ1) is 24.4. The Hall–Kier alpha value is -4.48. The zero-order valence-electron chi connectivity index (χ0n) is 28.5. The zero-order valence-corrected chi connectivity index (χ0v) is 29.4. The molecule has 6 rings (SSSR count). The lowest BCUT2D eigenvalue weighted by Crippen LogP contribution is -2.51. The van der Waals surface area contributed by atoms with E-state index in [2.05, 4.69) is 22.7 Å². The molecular formula is C39H47N5O5S. The monoisotopic (exact) mass is 697 g/mol. The Morgan fingerprint density at radius 2 is 1.62 bits per heavy atom. The minimum atomic E-state index is -0.734. The van der Waals surface area contributed by atoms with Gasteiger partial charge >= 0.3 is 0 Å². The summed E-state index contributed by atoms with van der Waals surface area (Å²) in [4.78, 5) is 50.8. The van der Waals surface area contributed by atoms with Gasteiger partial charge in [-0.05, 0) is 54.5 Å². The Kier molecular flexibility index (Phi) is 12.0. The smallest absolute Gasteiger partial charge is 0.274 e. The number of likely N-dealkylation sites (tertiary alicyclic amines) is 1. The molecule has 4 aromatic rings. The summed E-state index contributed by atoms with van der Waals surface area (Å²) in [6.07, 6.45) is 6.57. The molecule has 2 fully saturated rings. The fourth-order valence-corrected chi connectivity index (χ4v) is 7.87. The summed E-state index contributed by atoms with van der Waals surface area (Å²) in [6, 6.07) is 25.9. The lowest BCUT2D eigenvalue weighted by atomic mass is 9.96.